The molecule has 6 heteroatoms. The minimum absolute atomic E-state index is 0.0899. The van der Waals surface area contributed by atoms with Crippen LogP contribution in [0.15, 0.2) is 18.2 Å². The van der Waals surface area contributed by atoms with Crippen LogP contribution in [-0.2, 0) is 16.1 Å². The predicted octanol–water partition coefficient (Wildman–Crippen LogP) is 0.294. The van der Waals surface area contributed by atoms with Crippen LogP contribution in [0.25, 0.3) is 0 Å². The zero-order chi connectivity index (χ0) is 14.5. The van der Waals surface area contributed by atoms with Crippen molar-refractivity contribution in [2.45, 2.75) is 12.6 Å². The highest BCUT2D eigenvalue weighted by Crippen LogP contribution is 2.24. The first-order valence-corrected chi connectivity index (χ1v) is 6.47. The van der Waals surface area contributed by atoms with Crippen LogP contribution in [0.4, 0.5) is 0 Å². The van der Waals surface area contributed by atoms with Crippen molar-refractivity contribution in [3.63, 3.8) is 0 Å². The second-order valence-corrected chi connectivity index (χ2v) is 4.70. The Morgan fingerprint density at radius 3 is 2.80 bits per heavy atom. The number of carbonyl (C=O) groups excluding carboxylic acids is 1. The summed E-state index contributed by atoms with van der Waals surface area (Å²) in [5.41, 5.74) is 6.70. The van der Waals surface area contributed by atoms with Crippen molar-refractivity contribution >= 4 is 5.91 Å². The number of nitrogens with one attached hydrogen (secondary N) is 1. The van der Waals surface area contributed by atoms with E-state index in [1.165, 1.54) is 0 Å². The number of hydrogen-bond donors (Lipinski definition) is 2. The molecule has 6 nitrogen and oxygen atoms in total. The molecule has 1 amide bonds. The van der Waals surface area contributed by atoms with Gasteiger partial charge in [-0.1, -0.05) is 0 Å². The summed E-state index contributed by atoms with van der Waals surface area (Å²) in [4.78, 5) is 12.0. The molecule has 1 heterocycles. The third kappa shape index (κ3) is 3.20. The van der Waals surface area contributed by atoms with Crippen LogP contribution in [0.2, 0.25) is 0 Å². The van der Waals surface area contributed by atoms with Crippen molar-refractivity contribution in [2.24, 2.45) is 11.7 Å². The number of ether oxygens (including phenoxy) is 3. The predicted molar refractivity (Wildman–Crippen MR) is 73.7 cm³/mol. The fourth-order valence-electron chi connectivity index (χ4n) is 2.15. The number of rotatable bonds is 5. The molecule has 0 saturated carbocycles. The average molecular weight is 280 g/mol. The second-order valence-electron chi connectivity index (χ2n) is 4.70. The van der Waals surface area contributed by atoms with E-state index >= 15 is 0 Å². The Hall–Kier alpha value is -1.79. The molecule has 1 fully saturated rings. The molecule has 2 rings (SSSR count). The molecule has 110 valence electrons. The van der Waals surface area contributed by atoms with Crippen molar-refractivity contribution in [1.29, 1.82) is 0 Å². The van der Waals surface area contributed by atoms with Crippen LogP contribution in [-0.4, -0.2) is 39.4 Å². The lowest BCUT2D eigenvalue weighted by Crippen LogP contribution is -2.40. The quantitative estimate of drug-likeness (QED) is 0.810. The number of benzene rings is 1. The van der Waals surface area contributed by atoms with E-state index in [0.717, 1.165) is 5.56 Å². The first kappa shape index (κ1) is 14.6. The van der Waals surface area contributed by atoms with E-state index in [2.05, 4.69) is 5.32 Å². The van der Waals surface area contributed by atoms with E-state index in [4.69, 9.17) is 19.9 Å². The Morgan fingerprint density at radius 2 is 2.20 bits per heavy atom. The molecule has 1 aliphatic heterocycles. The van der Waals surface area contributed by atoms with E-state index < -0.39 is 0 Å². The van der Waals surface area contributed by atoms with Crippen molar-refractivity contribution in [3.05, 3.63) is 23.8 Å². The van der Waals surface area contributed by atoms with Gasteiger partial charge in [-0.25, -0.2) is 0 Å². The van der Waals surface area contributed by atoms with E-state index in [9.17, 15) is 4.79 Å². The zero-order valence-corrected chi connectivity index (χ0v) is 11.7. The largest absolute Gasteiger partial charge is 0.497 e. The summed E-state index contributed by atoms with van der Waals surface area (Å²) in [7, 11) is 3.18. The molecule has 0 aliphatic carbocycles. The molecule has 1 aromatic rings. The molecular formula is C14H20N2O4. The summed E-state index contributed by atoms with van der Waals surface area (Å²) in [5.74, 6) is 1.02. The van der Waals surface area contributed by atoms with Crippen molar-refractivity contribution in [1.82, 2.24) is 5.32 Å². The van der Waals surface area contributed by atoms with Gasteiger partial charge in [0.25, 0.3) is 0 Å². The van der Waals surface area contributed by atoms with E-state index in [-0.39, 0.29) is 17.9 Å². The average Bonchev–Trinajstić information content (AvgIpc) is 2.90. The first-order chi connectivity index (χ1) is 9.65. The lowest BCUT2D eigenvalue weighted by Gasteiger charge is -2.15. The SMILES string of the molecule is COc1ccc(CNC(=O)C2COCC2N)c(OC)c1. The van der Waals surface area contributed by atoms with Crippen LogP contribution < -0.4 is 20.5 Å². The van der Waals surface area contributed by atoms with Gasteiger partial charge >= 0.3 is 0 Å². The monoisotopic (exact) mass is 280 g/mol. The zero-order valence-electron chi connectivity index (χ0n) is 11.7. The number of amides is 1. The van der Waals surface area contributed by atoms with Gasteiger partial charge in [-0.3, -0.25) is 4.79 Å². The van der Waals surface area contributed by atoms with Gasteiger partial charge in [0.1, 0.15) is 11.5 Å². The number of nitrogens with two attached hydrogens (primary N) is 1. The van der Waals surface area contributed by atoms with Crippen LogP contribution in [0.1, 0.15) is 5.56 Å². The molecule has 0 aromatic heterocycles. The molecule has 0 radical (unpaired) electrons. The lowest BCUT2D eigenvalue weighted by atomic mass is 10.0. The molecule has 1 aromatic carbocycles. The molecule has 0 bridgehead atoms. The van der Waals surface area contributed by atoms with E-state index in [0.29, 0.717) is 31.3 Å². The van der Waals surface area contributed by atoms with Crippen molar-refractivity contribution in [3.8, 4) is 11.5 Å². The van der Waals surface area contributed by atoms with Crippen LogP contribution >= 0.6 is 0 Å². The van der Waals surface area contributed by atoms with Gasteiger partial charge in [-0.2, -0.15) is 0 Å². The van der Waals surface area contributed by atoms with Crippen molar-refractivity contribution in [2.75, 3.05) is 27.4 Å². The van der Waals surface area contributed by atoms with Gasteiger partial charge in [-0.15, -0.1) is 0 Å². The van der Waals surface area contributed by atoms with Crippen LogP contribution in [0, 0.1) is 5.92 Å². The van der Waals surface area contributed by atoms with Crippen LogP contribution in [0.5, 0.6) is 11.5 Å². The summed E-state index contributed by atoms with van der Waals surface area (Å²) in [6.45, 7) is 1.20. The molecular weight excluding hydrogens is 260 g/mol. The Bertz CT molecular complexity index is 478. The summed E-state index contributed by atoms with van der Waals surface area (Å²) in [6, 6.07) is 5.25. The van der Waals surface area contributed by atoms with Gasteiger partial charge in [0.15, 0.2) is 0 Å². The van der Waals surface area contributed by atoms with Gasteiger partial charge in [0.2, 0.25) is 5.91 Å². The summed E-state index contributed by atoms with van der Waals surface area (Å²) >= 11 is 0. The smallest absolute Gasteiger partial charge is 0.227 e. The van der Waals surface area contributed by atoms with Crippen LogP contribution in [0.3, 0.4) is 0 Å². The number of hydrogen-bond acceptors (Lipinski definition) is 5. The minimum atomic E-state index is -0.278. The second kappa shape index (κ2) is 6.58. The molecule has 2 atom stereocenters. The molecule has 3 N–H and O–H groups in total. The van der Waals surface area contributed by atoms with Gasteiger partial charge in [-0.05, 0) is 12.1 Å². The topological polar surface area (TPSA) is 82.8 Å². The highest BCUT2D eigenvalue weighted by atomic mass is 16.5. The summed E-state index contributed by atoms with van der Waals surface area (Å²) in [5, 5.41) is 2.86. The molecule has 1 aliphatic rings. The Balaban J connectivity index is 1.98. The highest BCUT2D eigenvalue weighted by Gasteiger charge is 2.31. The first-order valence-electron chi connectivity index (χ1n) is 6.47. The van der Waals surface area contributed by atoms with Crippen molar-refractivity contribution < 1.29 is 19.0 Å². The molecule has 2 unspecified atom stereocenters. The summed E-state index contributed by atoms with van der Waals surface area (Å²) < 4.78 is 15.6. The highest BCUT2D eigenvalue weighted by molar-refractivity contribution is 5.79. The number of carbonyl (C=O) groups is 1. The lowest BCUT2D eigenvalue weighted by molar-refractivity contribution is -0.125. The summed E-state index contributed by atoms with van der Waals surface area (Å²) in [6.07, 6.45) is 0. The maximum atomic E-state index is 12.0. The number of methoxy groups -OCH3 is 2. The maximum absolute atomic E-state index is 12.0. The normalized spacial score (nSPS) is 21.6. The fraction of sp³-hybridized carbons (Fsp3) is 0.500. The van der Waals surface area contributed by atoms with Gasteiger partial charge in [0.05, 0.1) is 33.4 Å². The van der Waals surface area contributed by atoms with Gasteiger partial charge in [0, 0.05) is 24.2 Å². The maximum Gasteiger partial charge on any atom is 0.227 e. The van der Waals surface area contributed by atoms with E-state index in [1.54, 1.807) is 20.3 Å². The fourth-order valence-corrected chi connectivity index (χ4v) is 2.15. The van der Waals surface area contributed by atoms with Gasteiger partial charge < -0.3 is 25.3 Å². The molecule has 0 spiro atoms. The third-order valence-electron chi connectivity index (χ3n) is 3.41. The minimum Gasteiger partial charge on any atom is -0.497 e. The molecule has 20 heavy (non-hydrogen) atoms. The Morgan fingerprint density at radius 1 is 1.40 bits per heavy atom. The standard InChI is InChI=1S/C14H20N2O4/c1-18-10-4-3-9(13(5-10)19-2)6-16-14(17)11-7-20-8-12(11)15/h3-5,11-12H,6-8,15H2,1-2H3,(H,16,17). The van der Waals surface area contributed by atoms with E-state index in [1.807, 2.05) is 12.1 Å². The third-order valence-corrected chi connectivity index (χ3v) is 3.41. The Labute approximate surface area is 118 Å². The Kier molecular flexibility index (Phi) is 4.81. The molecule has 1 saturated heterocycles.